The lowest BCUT2D eigenvalue weighted by Gasteiger charge is -2.12. The predicted octanol–water partition coefficient (Wildman–Crippen LogP) is 10.9. The standard InChI is InChI=1S/C24H26N4S2.C3H8.2C2H6/c1-5-18-12-11-15(2)13-20(18)27-23-28-21(14-29-23)22-17(4)26-24(30-22)25-16(3)19-9-7-6-8-10-19;1-3-2;2*1-2/h6-7,9,11-14H,3,5,8,10H2,1-2,4H3,(H,25,26)(H,27,28);3H2,1-2H3;2*1-2H3. The molecule has 1 aliphatic carbocycles. The van der Waals surface area contributed by atoms with Crippen LogP contribution in [0, 0.1) is 13.8 Å². The van der Waals surface area contributed by atoms with Gasteiger partial charge in [0.25, 0.3) is 0 Å². The molecule has 0 amide bonds. The normalized spacial score (nSPS) is 11.5. The van der Waals surface area contributed by atoms with Crippen molar-refractivity contribution in [2.45, 2.75) is 88.0 Å². The van der Waals surface area contributed by atoms with Gasteiger partial charge >= 0.3 is 0 Å². The van der Waals surface area contributed by atoms with E-state index in [1.807, 2.05) is 34.6 Å². The molecule has 4 rings (SSSR count). The van der Waals surface area contributed by atoms with Gasteiger partial charge in [-0.2, -0.15) is 0 Å². The van der Waals surface area contributed by atoms with E-state index in [0.29, 0.717) is 0 Å². The molecular weight excluding hydrogens is 493 g/mol. The van der Waals surface area contributed by atoms with Crippen molar-refractivity contribution in [3.63, 3.8) is 0 Å². The summed E-state index contributed by atoms with van der Waals surface area (Å²) in [5, 5.41) is 10.7. The van der Waals surface area contributed by atoms with Crippen LogP contribution in [0.25, 0.3) is 10.6 Å². The second-order valence-electron chi connectivity index (χ2n) is 8.08. The van der Waals surface area contributed by atoms with Gasteiger partial charge in [-0.3, -0.25) is 0 Å². The van der Waals surface area contributed by atoms with Crippen LogP contribution in [0.3, 0.4) is 0 Å². The van der Waals surface area contributed by atoms with E-state index in [-0.39, 0.29) is 0 Å². The maximum absolute atomic E-state index is 4.83. The number of thiazole rings is 2. The SMILES string of the molecule is C=C(Nc1nc(C)c(-c2csc(Nc3cc(C)ccc3CC)n2)s1)C1=CC=CCC1.CC.CC.CCC. The summed E-state index contributed by atoms with van der Waals surface area (Å²) in [7, 11) is 0. The summed E-state index contributed by atoms with van der Waals surface area (Å²) in [6, 6.07) is 6.52. The lowest BCUT2D eigenvalue weighted by atomic mass is 10.0. The number of anilines is 3. The van der Waals surface area contributed by atoms with Gasteiger partial charge in [0.1, 0.15) is 0 Å². The zero-order valence-corrected chi connectivity index (χ0v) is 25.9. The Morgan fingerprint density at radius 2 is 1.73 bits per heavy atom. The average molecular weight is 539 g/mol. The van der Waals surface area contributed by atoms with Gasteiger partial charge in [-0.15, -0.1) is 11.3 Å². The third-order valence-corrected chi connectivity index (χ3v) is 6.93. The van der Waals surface area contributed by atoms with Crippen molar-refractivity contribution in [2.24, 2.45) is 0 Å². The Hall–Kier alpha value is -2.70. The maximum atomic E-state index is 4.83. The van der Waals surface area contributed by atoms with Crippen LogP contribution in [0.2, 0.25) is 0 Å². The van der Waals surface area contributed by atoms with Crippen LogP contribution < -0.4 is 10.6 Å². The van der Waals surface area contributed by atoms with Crippen LogP contribution in [0.1, 0.15) is 84.5 Å². The van der Waals surface area contributed by atoms with E-state index >= 15 is 0 Å². The monoisotopic (exact) mass is 538 g/mol. The van der Waals surface area contributed by atoms with Gasteiger partial charge in [0.15, 0.2) is 10.3 Å². The first-order valence-corrected chi connectivity index (χ1v) is 15.3. The van der Waals surface area contributed by atoms with E-state index in [9.17, 15) is 0 Å². The van der Waals surface area contributed by atoms with Gasteiger partial charge in [-0.05, 0) is 55.9 Å². The first-order chi connectivity index (χ1) is 17.9. The second kappa shape index (κ2) is 17.7. The van der Waals surface area contributed by atoms with Gasteiger partial charge in [0.2, 0.25) is 0 Å². The number of aromatic nitrogens is 2. The molecule has 6 heteroatoms. The maximum Gasteiger partial charge on any atom is 0.188 e. The molecule has 0 radical (unpaired) electrons. The van der Waals surface area contributed by atoms with Crippen molar-refractivity contribution in [3.05, 3.63) is 76.5 Å². The lowest BCUT2D eigenvalue weighted by Crippen LogP contribution is -2.02. The minimum Gasteiger partial charge on any atom is -0.332 e. The third kappa shape index (κ3) is 9.94. The fourth-order valence-electron chi connectivity index (χ4n) is 3.42. The van der Waals surface area contributed by atoms with Crippen LogP contribution in [0.15, 0.2) is 59.7 Å². The van der Waals surface area contributed by atoms with E-state index in [2.05, 4.69) is 86.7 Å². The Kier molecular flexibility index (Phi) is 15.5. The van der Waals surface area contributed by atoms with Crippen molar-refractivity contribution in [1.82, 2.24) is 9.97 Å². The van der Waals surface area contributed by atoms with Crippen LogP contribution in [-0.2, 0) is 6.42 Å². The summed E-state index contributed by atoms with van der Waals surface area (Å²) in [5.74, 6) is 0. The third-order valence-electron chi connectivity index (χ3n) is 5.08. The highest BCUT2D eigenvalue weighted by Gasteiger charge is 2.15. The predicted molar refractivity (Wildman–Crippen MR) is 170 cm³/mol. The molecule has 1 aromatic carbocycles. The quantitative estimate of drug-likeness (QED) is 0.314. The van der Waals surface area contributed by atoms with E-state index < -0.39 is 0 Å². The fraction of sp³-hybridized carbons (Fsp3) is 0.419. The van der Waals surface area contributed by atoms with Crippen LogP contribution in [0.4, 0.5) is 16.0 Å². The molecule has 2 N–H and O–H groups in total. The Balaban J connectivity index is 0.000000894. The Morgan fingerprint density at radius 1 is 1.03 bits per heavy atom. The lowest BCUT2D eigenvalue weighted by molar-refractivity contribution is 0.971. The van der Waals surface area contributed by atoms with Gasteiger partial charge < -0.3 is 10.6 Å². The van der Waals surface area contributed by atoms with Crippen molar-refractivity contribution in [1.29, 1.82) is 0 Å². The molecule has 0 saturated carbocycles. The van der Waals surface area contributed by atoms with Gasteiger partial charge in [0.05, 0.1) is 16.3 Å². The van der Waals surface area contributed by atoms with Crippen molar-refractivity contribution >= 4 is 38.6 Å². The summed E-state index contributed by atoms with van der Waals surface area (Å²) < 4.78 is 0. The molecule has 2 aromatic heterocycles. The molecule has 0 saturated heterocycles. The van der Waals surface area contributed by atoms with Gasteiger partial charge in [-0.1, -0.05) is 103 Å². The summed E-state index contributed by atoms with van der Waals surface area (Å²) in [5.41, 5.74) is 7.76. The van der Waals surface area contributed by atoms with Crippen molar-refractivity contribution < 1.29 is 0 Å². The van der Waals surface area contributed by atoms with Crippen molar-refractivity contribution in [2.75, 3.05) is 10.6 Å². The first kappa shape index (κ1) is 32.3. The Morgan fingerprint density at radius 3 is 2.35 bits per heavy atom. The molecule has 2 heterocycles. The molecular formula is C31H46N4S2. The number of allylic oxidation sites excluding steroid dienone is 4. The average Bonchev–Trinajstić information content (AvgIpc) is 3.53. The summed E-state index contributed by atoms with van der Waals surface area (Å²) in [6.07, 6.45) is 10.7. The summed E-state index contributed by atoms with van der Waals surface area (Å²) in [6.45, 7) is 22.8. The minimum absolute atomic E-state index is 0.859. The number of aryl methyl sites for hydroxylation is 3. The fourth-order valence-corrected chi connectivity index (χ4v) is 5.16. The van der Waals surface area contributed by atoms with E-state index in [0.717, 1.165) is 57.2 Å². The smallest absolute Gasteiger partial charge is 0.188 e. The highest BCUT2D eigenvalue weighted by atomic mass is 32.1. The van der Waals surface area contributed by atoms with E-state index in [1.165, 1.54) is 23.1 Å². The molecule has 4 nitrogen and oxygen atoms in total. The Labute approximate surface area is 233 Å². The topological polar surface area (TPSA) is 49.8 Å². The first-order valence-electron chi connectivity index (χ1n) is 13.6. The zero-order valence-electron chi connectivity index (χ0n) is 24.3. The molecule has 1 aliphatic rings. The number of nitrogens with zero attached hydrogens (tertiary/aromatic N) is 2. The van der Waals surface area contributed by atoms with Crippen molar-refractivity contribution in [3.8, 4) is 10.6 Å². The zero-order chi connectivity index (χ0) is 27.8. The van der Waals surface area contributed by atoms with Gasteiger partial charge in [-0.25, -0.2) is 9.97 Å². The van der Waals surface area contributed by atoms with Crippen LogP contribution in [0.5, 0.6) is 0 Å². The molecule has 0 unspecified atom stereocenters. The van der Waals surface area contributed by atoms with Crippen LogP contribution >= 0.6 is 22.7 Å². The number of rotatable bonds is 7. The molecule has 37 heavy (non-hydrogen) atoms. The second-order valence-corrected chi connectivity index (χ2v) is 9.94. The molecule has 3 aromatic rings. The van der Waals surface area contributed by atoms with E-state index in [4.69, 9.17) is 9.97 Å². The highest BCUT2D eigenvalue weighted by Crippen LogP contribution is 2.36. The van der Waals surface area contributed by atoms with E-state index in [1.54, 1.807) is 22.7 Å². The number of nitrogens with one attached hydrogen (secondary N) is 2. The van der Waals surface area contributed by atoms with Crippen LogP contribution in [-0.4, -0.2) is 9.97 Å². The highest BCUT2D eigenvalue weighted by molar-refractivity contribution is 7.19. The molecule has 0 atom stereocenters. The molecule has 0 aliphatic heterocycles. The molecule has 0 fully saturated rings. The Bertz CT molecular complexity index is 1150. The largest absolute Gasteiger partial charge is 0.332 e. The number of benzene rings is 1. The molecule has 0 spiro atoms. The summed E-state index contributed by atoms with van der Waals surface area (Å²) in [4.78, 5) is 10.6. The number of hydrogen-bond acceptors (Lipinski definition) is 6. The van der Waals surface area contributed by atoms with Gasteiger partial charge in [0, 0.05) is 16.8 Å². The minimum atomic E-state index is 0.859. The molecule has 202 valence electrons. The summed E-state index contributed by atoms with van der Waals surface area (Å²) >= 11 is 3.24. The number of hydrogen-bond donors (Lipinski definition) is 2. The molecule has 0 bridgehead atoms.